The van der Waals surface area contributed by atoms with E-state index >= 15 is 0 Å². The second-order valence-electron chi connectivity index (χ2n) is 8.38. The quantitative estimate of drug-likeness (QED) is 0.131. The number of hydrogen-bond donors (Lipinski definition) is 0. The van der Waals surface area contributed by atoms with Crippen LogP contribution < -0.4 is 10.4 Å². The van der Waals surface area contributed by atoms with E-state index in [1.54, 1.807) is 31.2 Å². The summed E-state index contributed by atoms with van der Waals surface area (Å²) in [6.45, 7) is 3.98. The summed E-state index contributed by atoms with van der Waals surface area (Å²) in [5.74, 6) is 0.195. The van der Waals surface area contributed by atoms with Crippen LogP contribution in [0.25, 0.3) is 11.0 Å². The molecule has 1 aromatic carbocycles. The Balaban J connectivity index is 1.52. The second kappa shape index (κ2) is 14.0. The minimum absolute atomic E-state index is 0.230. The van der Waals surface area contributed by atoms with Crippen molar-refractivity contribution in [3.63, 3.8) is 0 Å². The first-order valence-corrected chi connectivity index (χ1v) is 11.9. The van der Waals surface area contributed by atoms with Gasteiger partial charge in [-0.3, -0.25) is 4.79 Å². The van der Waals surface area contributed by atoms with E-state index in [-0.39, 0.29) is 11.6 Å². The molecule has 0 bridgehead atoms. The second-order valence-corrected chi connectivity index (χ2v) is 8.38. The van der Waals surface area contributed by atoms with Gasteiger partial charge >= 0.3 is 11.6 Å². The van der Waals surface area contributed by atoms with Crippen LogP contribution in [0.3, 0.4) is 0 Å². The van der Waals surface area contributed by atoms with Gasteiger partial charge in [-0.25, -0.2) is 4.79 Å². The number of aryl methyl sites for hydroxylation is 1. The standard InChI is InChI=1S/C26H38O4/c1-3-4-5-6-7-8-9-10-11-12-13-14-15-16-25(27)29-23-18-17-22-19-21(2)26(28)30-24(22)20-23/h17-20H,3-16H2,1-2H3. The molecule has 0 unspecified atom stereocenters. The van der Waals surface area contributed by atoms with Gasteiger partial charge in [-0.05, 0) is 31.5 Å². The van der Waals surface area contributed by atoms with E-state index in [0.717, 1.165) is 18.2 Å². The fourth-order valence-corrected chi connectivity index (χ4v) is 3.73. The van der Waals surface area contributed by atoms with Gasteiger partial charge in [0.15, 0.2) is 0 Å². The molecule has 1 aromatic heterocycles. The summed E-state index contributed by atoms with van der Waals surface area (Å²) in [5.41, 5.74) is 0.643. The Morgan fingerprint density at radius 3 is 2.00 bits per heavy atom. The van der Waals surface area contributed by atoms with E-state index < -0.39 is 0 Å². The molecule has 4 heteroatoms. The molecule has 166 valence electrons. The average molecular weight is 415 g/mol. The lowest BCUT2D eigenvalue weighted by Gasteiger charge is -2.06. The SMILES string of the molecule is CCCCCCCCCCCCCCCC(=O)Oc1ccc2cc(C)c(=O)oc2c1. The van der Waals surface area contributed by atoms with Crippen molar-refractivity contribution in [2.75, 3.05) is 0 Å². The van der Waals surface area contributed by atoms with Crippen LogP contribution in [0.1, 0.15) is 102 Å². The molecule has 1 heterocycles. The van der Waals surface area contributed by atoms with Gasteiger partial charge in [0.05, 0.1) is 0 Å². The first kappa shape index (κ1) is 24.2. The molecule has 0 aliphatic rings. The lowest BCUT2D eigenvalue weighted by atomic mass is 10.0. The molecular weight excluding hydrogens is 376 g/mol. The Hall–Kier alpha value is -2.10. The molecule has 0 aliphatic carbocycles. The molecule has 2 aromatic rings. The van der Waals surface area contributed by atoms with Gasteiger partial charge in [0.1, 0.15) is 11.3 Å². The summed E-state index contributed by atoms with van der Waals surface area (Å²) in [4.78, 5) is 23.7. The van der Waals surface area contributed by atoms with Crippen molar-refractivity contribution in [1.29, 1.82) is 0 Å². The number of unbranched alkanes of at least 4 members (excludes halogenated alkanes) is 12. The van der Waals surface area contributed by atoms with Crippen molar-refractivity contribution in [3.05, 3.63) is 40.2 Å². The molecule has 30 heavy (non-hydrogen) atoms. The van der Waals surface area contributed by atoms with Crippen molar-refractivity contribution in [1.82, 2.24) is 0 Å². The van der Waals surface area contributed by atoms with Gasteiger partial charge in [0.2, 0.25) is 0 Å². The van der Waals surface area contributed by atoms with Crippen molar-refractivity contribution in [2.45, 2.75) is 104 Å². The summed E-state index contributed by atoms with van der Waals surface area (Å²) >= 11 is 0. The maximum absolute atomic E-state index is 12.1. The number of hydrogen-bond acceptors (Lipinski definition) is 4. The largest absolute Gasteiger partial charge is 0.426 e. The van der Waals surface area contributed by atoms with E-state index in [0.29, 0.717) is 23.3 Å². The molecule has 0 saturated heterocycles. The summed E-state index contributed by atoms with van der Waals surface area (Å²) in [6.07, 6.45) is 17.1. The Kier molecular flexibility index (Phi) is 11.3. The maximum atomic E-state index is 12.1. The summed E-state index contributed by atoms with van der Waals surface area (Å²) in [6, 6.07) is 6.93. The number of esters is 1. The zero-order chi connectivity index (χ0) is 21.6. The van der Waals surface area contributed by atoms with E-state index in [1.165, 1.54) is 70.6 Å². The van der Waals surface area contributed by atoms with Gasteiger partial charge in [0, 0.05) is 23.4 Å². The summed E-state index contributed by atoms with van der Waals surface area (Å²) in [7, 11) is 0. The monoisotopic (exact) mass is 414 g/mol. The van der Waals surface area contributed by atoms with Gasteiger partial charge in [0.25, 0.3) is 0 Å². The highest BCUT2D eigenvalue weighted by molar-refractivity contribution is 5.80. The summed E-state index contributed by atoms with van der Waals surface area (Å²) in [5, 5.41) is 0.823. The number of ether oxygens (including phenoxy) is 1. The molecule has 0 radical (unpaired) electrons. The molecule has 2 rings (SSSR count). The van der Waals surface area contributed by atoms with Crippen LogP contribution in [0.15, 0.2) is 33.5 Å². The van der Waals surface area contributed by atoms with Crippen LogP contribution in [0, 0.1) is 6.92 Å². The minimum Gasteiger partial charge on any atom is -0.426 e. The molecule has 0 spiro atoms. The van der Waals surface area contributed by atoms with Gasteiger partial charge < -0.3 is 9.15 Å². The third kappa shape index (κ3) is 9.15. The number of benzene rings is 1. The number of carbonyl (C=O) groups is 1. The smallest absolute Gasteiger partial charge is 0.339 e. The van der Waals surface area contributed by atoms with Gasteiger partial charge in [-0.1, -0.05) is 84.0 Å². The average Bonchev–Trinajstić information content (AvgIpc) is 2.72. The molecule has 0 N–H and O–H groups in total. The number of carbonyl (C=O) groups excluding carboxylic acids is 1. The molecule has 0 fully saturated rings. The van der Waals surface area contributed by atoms with Gasteiger partial charge in [-0.15, -0.1) is 0 Å². The normalized spacial score (nSPS) is 11.1. The zero-order valence-corrected chi connectivity index (χ0v) is 18.8. The van der Waals surface area contributed by atoms with Crippen molar-refractivity contribution >= 4 is 16.9 Å². The van der Waals surface area contributed by atoms with Gasteiger partial charge in [-0.2, -0.15) is 0 Å². The first-order valence-electron chi connectivity index (χ1n) is 11.9. The Morgan fingerprint density at radius 1 is 0.833 bits per heavy atom. The molecule has 0 atom stereocenters. The maximum Gasteiger partial charge on any atom is 0.339 e. The highest BCUT2D eigenvalue weighted by Gasteiger charge is 2.08. The highest BCUT2D eigenvalue weighted by atomic mass is 16.5. The van der Waals surface area contributed by atoms with Crippen LogP contribution in [0.4, 0.5) is 0 Å². The predicted octanol–water partition coefficient (Wildman–Crippen LogP) is 7.49. The number of fused-ring (bicyclic) bond motifs is 1. The van der Waals surface area contributed by atoms with Crippen LogP contribution in [0.2, 0.25) is 0 Å². The van der Waals surface area contributed by atoms with E-state index in [4.69, 9.17) is 9.15 Å². The fraction of sp³-hybridized carbons (Fsp3) is 0.615. The Labute approximate surface area is 181 Å². The first-order chi connectivity index (χ1) is 14.6. The van der Waals surface area contributed by atoms with Crippen LogP contribution in [-0.2, 0) is 4.79 Å². The van der Waals surface area contributed by atoms with Crippen LogP contribution in [0.5, 0.6) is 5.75 Å². The molecule has 0 saturated carbocycles. The minimum atomic E-state index is -0.363. The third-order valence-corrected chi connectivity index (χ3v) is 5.60. The topological polar surface area (TPSA) is 56.5 Å². The van der Waals surface area contributed by atoms with Crippen molar-refractivity contribution in [2.24, 2.45) is 0 Å². The van der Waals surface area contributed by atoms with Crippen molar-refractivity contribution in [3.8, 4) is 5.75 Å². The van der Waals surface area contributed by atoms with Crippen LogP contribution in [-0.4, -0.2) is 5.97 Å². The third-order valence-electron chi connectivity index (χ3n) is 5.60. The van der Waals surface area contributed by atoms with E-state index in [2.05, 4.69) is 6.92 Å². The van der Waals surface area contributed by atoms with E-state index in [1.807, 2.05) is 0 Å². The molecule has 4 nitrogen and oxygen atoms in total. The predicted molar refractivity (Wildman–Crippen MR) is 123 cm³/mol. The number of rotatable bonds is 15. The Bertz CT molecular complexity index is 821. The lowest BCUT2D eigenvalue weighted by Crippen LogP contribution is -2.08. The summed E-state index contributed by atoms with van der Waals surface area (Å²) < 4.78 is 10.6. The zero-order valence-electron chi connectivity index (χ0n) is 18.8. The fourth-order valence-electron chi connectivity index (χ4n) is 3.73. The molecule has 0 amide bonds. The van der Waals surface area contributed by atoms with E-state index in [9.17, 15) is 9.59 Å². The highest BCUT2D eigenvalue weighted by Crippen LogP contribution is 2.21. The molecule has 0 aliphatic heterocycles. The Morgan fingerprint density at radius 2 is 1.40 bits per heavy atom. The van der Waals surface area contributed by atoms with Crippen LogP contribution >= 0.6 is 0 Å². The lowest BCUT2D eigenvalue weighted by molar-refractivity contribution is -0.134. The van der Waals surface area contributed by atoms with Crippen molar-refractivity contribution < 1.29 is 13.9 Å². The molecular formula is C26H38O4.